The van der Waals surface area contributed by atoms with Gasteiger partial charge in [-0.15, -0.1) is 11.6 Å². The first-order valence-electron chi connectivity index (χ1n) is 3.64. The summed E-state index contributed by atoms with van der Waals surface area (Å²) in [5.74, 6) is 0.294. The predicted molar refractivity (Wildman–Crippen MR) is 38.7 cm³/mol. The van der Waals surface area contributed by atoms with Crippen LogP contribution in [-0.4, -0.2) is 23.4 Å². The third kappa shape index (κ3) is 0.685. The van der Waals surface area contributed by atoms with E-state index in [2.05, 4.69) is 0 Å². The summed E-state index contributed by atoms with van der Waals surface area (Å²) in [6.07, 6.45) is 3.23. The average Bonchev–Trinajstić information content (AvgIpc) is 2.63. The van der Waals surface area contributed by atoms with E-state index in [1.807, 2.05) is 0 Å². The molecule has 1 saturated heterocycles. The minimum Gasteiger partial charge on any atom is -0.328 e. The van der Waals surface area contributed by atoms with Crippen LogP contribution in [0.25, 0.3) is 0 Å². The fourth-order valence-corrected chi connectivity index (χ4v) is 1.85. The standard InChI is InChI=1S/C7H10ClNO/c8-5-9-4-3-7(1-2-7)6(9)10/h1-5H2. The molecule has 10 heavy (non-hydrogen) atoms. The Balaban J connectivity index is 2.13. The lowest BCUT2D eigenvalue weighted by Gasteiger charge is -2.10. The zero-order chi connectivity index (χ0) is 7.19. The molecule has 2 rings (SSSR count). The van der Waals surface area contributed by atoms with Gasteiger partial charge in [0.05, 0.1) is 11.4 Å². The molecule has 56 valence electrons. The zero-order valence-electron chi connectivity index (χ0n) is 5.77. The summed E-state index contributed by atoms with van der Waals surface area (Å²) in [7, 11) is 0. The third-order valence-corrected chi connectivity index (χ3v) is 2.89. The van der Waals surface area contributed by atoms with Crippen molar-refractivity contribution in [1.82, 2.24) is 4.90 Å². The van der Waals surface area contributed by atoms with Gasteiger partial charge < -0.3 is 4.90 Å². The Kier molecular flexibility index (Phi) is 1.21. The van der Waals surface area contributed by atoms with Gasteiger partial charge in [0.1, 0.15) is 0 Å². The van der Waals surface area contributed by atoms with Gasteiger partial charge in [-0.25, -0.2) is 0 Å². The van der Waals surface area contributed by atoms with Crippen molar-refractivity contribution in [3.8, 4) is 0 Å². The number of amides is 1. The van der Waals surface area contributed by atoms with Crippen LogP contribution in [0.4, 0.5) is 0 Å². The maximum absolute atomic E-state index is 11.4. The number of rotatable bonds is 1. The van der Waals surface area contributed by atoms with E-state index < -0.39 is 0 Å². The highest BCUT2D eigenvalue weighted by molar-refractivity contribution is 6.18. The number of likely N-dealkylation sites (tertiary alicyclic amines) is 1. The van der Waals surface area contributed by atoms with Crippen LogP contribution in [0.5, 0.6) is 0 Å². The topological polar surface area (TPSA) is 20.3 Å². The second-order valence-corrected chi connectivity index (χ2v) is 3.46. The highest BCUT2D eigenvalue weighted by Gasteiger charge is 2.55. The molecule has 0 bridgehead atoms. The first-order chi connectivity index (χ1) is 4.78. The molecule has 1 amide bonds. The van der Waals surface area contributed by atoms with Crippen molar-refractivity contribution in [1.29, 1.82) is 0 Å². The molecule has 0 aromatic carbocycles. The number of halogens is 1. The van der Waals surface area contributed by atoms with E-state index in [0.717, 1.165) is 25.8 Å². The predicted octanol–water partition coefficient (Wildman–Crippen LogP) is 1.20. The molecule has 0 atom stereocenters. The minimum absolute atomic E-state index is 0.0783. The monoisotopic (exact) mass is 159 g/mol. The Bertz CT molecular complexity index is 176. The molecule has 1 spiro atoms. The van der Waals surface area contributed by atoms with Gasteiger partial charge in [-0.1, -0.05) is 0 Å². The Morgan fingerprint density at radius 2 is 2.20 bits per heavy atom. The third-order valence-electron chi connectivity index (χ3n) is 2.60. The van der Waals surface area contributed by atoms with E-state index in [0.29, 0.717) is 11.9 Å². The van der Waals surface area contributed by atoms with Crippen molar-refractivity contribution in [3.05, 3.63) is 0 Å². The molecule has 0 unspecified atom stereocenters. The Hall–Kier alpha value is -0.240. The van der Waals surface area contributed by atoms with Crippen LogP contribution >= 0.6 is 11.6 Å². The van der Waals surface area contributed by atoms with E-state index >= 15 is 0 Å². The van der Waals surface area contributed by atoms with Gasteiger partial charge in [-0.05, 0) is 19.3 Å². The molecule has 1 aliphatic heterocycles. The summed E-state index contributed by atoms with van der Waals surface area (Å²) >= 11 is 5.56. The van der Waals surface area contributed by atoms with Crippen molar-refractivity contribution in [2.45, 2.75) is 19.3 Å². The van der Waals surface area contributed by atoms with E-state index in [4.69, 9.17) is 11.6 Å². The fourth-order valence-electron chi connectivity index (χ4n) is 1.62. The summed E-state index contributed by atoms with van der Waals surface area (Å²) in [6, 6.07) is 0.376. The van der Waals surface area contributed by atoms with Gasteiger partial charge in [0.15, 0.2) is 0 Å². The van der Waals surface area contributed by atoms with Crippen molar-refractivity contribution < 1.29 is 4.79 Å². The zero-order valence-corrected chi connectivity index (χ0v) is 6.52. The van der Waals surface area contributed by atoms with E-state index in [9.17, 15) is 4.79 Å². The van der Waals surface area contributed by atoms with Crippen LogP contribution in [0.15, 0.2) is 0 Å². The van der Waals surface area contributed by atoms with Crippen molar-refractivity contribution in [2.75, 3.05) is 12.5 Å². The molecule has 0 N–H and O–H groups in total. The number of nitrogens with zero attached hydrogens (tertiary/aromatic N) is 1. The Labute approximate surface area is 65.1 Å². The SMILES string of the molecule is O=C1N(CCl)CCC12CC2. The summed E-state index contributed by atoms with van der Waals surface area (Å²) < 4.78 is 0. The lowest BCUT2D eigenvalue weighted by Crippen LogP contribution is -2.26. The molecule has 1 heterocycles. The molecule has 2 nitrogen and oxygen atoms in total. The van der Waals surface area contributed by atoms with E-state index in [1.54, 1.807) is 4.90 Å². The molecule has 2 fully saturated rings. The summed E-state index contributed by atoms with van der Waals surface area (Å²) in [5, 5.41) is 0. The van der Waals surface area contributed by atoms with Crippen LogP contribution in [0, 0.1) is 5.41 Å². The van der Waals surface area contributed by atoms with Gasteiger partial charge in [0.2, 0.25) is 5.91 Å². The lowest BCUT2D eigenvalue weighted by molar-refractivity contribution is -0.131. The highest BCUT2D eigenvalue weighted by atomic mass is 35.5. The van der Waals surface area contributed by atoms with Crippen LogP contribution in [0.1, 0.15) is 19.3 Å². The summed E-state index contributed by atoms with van der Waals surface area (Å²) in [5.41, 5.74) is 0.0783. The number of hydrogen-bond donors (Lipinski definition) is 0. The molecular formula is C7H10ClNO. The number of carbonyl (C=O) groups excluding carboxylic acids is 1. The van der Waals surface area contributed by atoms with E-state index in [1.165, 1.54) is 0 Å². The van der Waals surface area contributed by atoms with Gasteiger partial charge >= 0.3 is 0 Å². The lowest BCUT2D eigenvalue weighted by atomic mass is 10.1. The van der Waals surface area contributed by atoms with Gasteiger partial charge in [0, 0.05) is 6.54 Å². The normalized spacial score (nSPS) is 28.1. The van der Waals surface area contributed by atoms with Crippen LogP contribution in [-0.2, 0) is 4.79 Å². The molecule has 0 radical (unpaired) electrons. The quantitative estimate of drug-likeness (QED) is 0.416. The second kappa shape index (κ2) is 1.88. The summed E-state index contributed by atoms with van der Waals surface area (Å²) in [6.45, 7) is 0.877. The second-order valence-electron chi connectivity index (χ2n) is 3.22. The first kappa shape index (κ1) is 6.47. The van der Waals surface area contributed by atoms with Gasteiger partial charge in [-0.3, -0.25) is 4.79 Å². The highest BCUT2D eigenvalue weighted by Crippen LogP contribution is 2.53. The molecule has 1 aliphatic carbocycles. The van der Waals surface area contributed by atoms with Crippen molar-refractivity contribution >= 4 is 17.5 Å². The fraction of sp³-hybridized carbons (Fsp3) is 0.857. The van der Waals surface area contributed by atoms with Gasteiger partial charge in [-0.2, -0.15) is 0 Å². The number of alkyl halides is 1. The van der Waals surface area contributed by atoms with Crippen LogP contribution in [0.3, 0.4) is 0 Å². The van der Waals surface area contributed by atoms with Crippen LogP contribution in [0.2, 0.25) is 0 Å². The van der Waals surface area contributed by atoms with Crippen molar-refractivity contribution in [3.63, 3.8) is 0 Å². The minimum atomic E-state index is 0.0783. The Morgan fingerprint density at radius 1 is 1.50 bits per heavy atom. The molecule has 0 aromatic heterocycles. The molecule has 1 saturated carbocycles. The number of carbonyl (C=O) groups is 1. The largest absolute Gasteiger partial charge is 0.328 e. The molecule has 3 heteroatoms. The smallest absolute Gasteiger partial charge is 0.229 e. The van der Waals surface area contributed by atoms with Crippen LogP contribution < -0.4 is 0 Å². The maximum atomic E-state index is 11.4. The average molecular weight is 160 g/mol. The molecular weight excluding hydrogens is 150 g/mol. The Morgan fingerprint density at radius 3 is 2.50 bits per heavy atom. The summed E-state index contributed by atoms with van der Waals surface area (Å²) in [4.78, 5) is 13.1. The van der Waals surface area contributed by atoms with Gasteiger partial charge in [0.25, 0.3) is 0 Å². The van der Waals surface area contributed by atoms with Crippen molar-refractivity contribution in [2.24, 2.45) is 5.41 Å². The number of hydrogen-bond acceptors (Lipinski definition) is 1. The molecule has 2 aliphatic rings. The maximum Gasteiger partial charge on any atom is 0.229 e. The molecule has 0 aromatic rings. The van der Waals surface area contributed by atoms with E-state index in [-0.39, 0.29) is 5.41 Å². The first-order valence-corrected chi connectivity index (χ1v) is 4.17.